The van der Waals surface area contributed by atoms with Gasteiger partial charge in [0, 0.05) is 52.4 Å². The van der Waals surface area contributed by atoms with Crippen molar-refractivity contribution >= 4 is 15.9 Å². The Hall–Kier alpha value is -2.81. The fourth-order valence-corrected chi connectivity index (χ4v) is 5.85. The predicted octanol–water partition coefficient (Wildman–Crippen LogP) is 1.01. The number of morpholine rings is 1. The number of rotatable bonds is 8. The number of carbonyl (C=O) groups is 1. The van der Waals surface area contributed by atoms with Gasteiger partial charge in [-0.1, -0.05) is 36.4 Å². The van der Waals surface area contributed by atoms with Gasteiger partial charge in [0.1, 0.15) is 6.07 Å². The lowest BCUT2D eigenvalue weighted by molar-refractivity contribution is -0.122. The van der Waals surface area contributed by atoms with Crippen LogP contribution in [0.25, 0.3) is 0 Å². The van der Waals surface area contributed by atoms with E-state index in [-0.39, 0.29) is 36.0 Å². The molecule has 0 atom stereocenters. The highest BCUT2D eigenvalue weighted by Crippen LogP contribution is 2.21. The Morgan fingerprint density at radius 1 is 0.914 bits per heavy atom. The summed E-state index contributed by atoms with van der Waals surface area (Å²) in [5.74, 6) is -0.0893. The minimum Gasteiger partial charge on any atom is -0.379 e. The first-order chi connectivity index (χ1) is 17.0. The van der Waals surface area contributed by atoms with E-state index in [1.165, 1.54) is 22.0 Å². The third-order valence-corrected chi connectivity index (χ3v) is 8.30. The fraction of sp³-hybridized carbons (Fsp3) is 0.440. The van der Waals surface area contributed by atoms with Crippen LogP contribution in [-0.4, -0.2) is 87.5 Å². The number of nitriles is 1. The summed E-state index contributed by atoms with van der Waals surface area (Å²) in [7, 11) is -3.74. The van der Waals surface area contributed by atoms with Crippen LogP contribution >= 0.6 is 0 Å². The monoisotopic (exact) mass is 497 g/mol. The van der Waals surface area contributed by atoms with Crippen LogP contribution in [0.15, 0.2) is 53.4 Å². The van der Waals surface area contributed by atoms with Crippen molar-refractivity contribution in [2.45, 2.75) is 18.0 Å². The molecule has 35 heavy (non-hydrogen) atoms. The Balaban J connectivity index is 1.21. The zero-order valence-electron chi connectivity index (χ0n) is 19.7. The molecule has 0 bridgehead atoms. The molecule has 1 N–H and O–H groups in total. The highest BCUT2D eigenvalue weighted by molar-refractivity contribution is 7.89. The predicted molar refractivity (Wildman–Crippen MR) is 131 cm³/mol. The number of nitrogens with zero attached hydrogens (tertiary/aromatic N) is 4. The molecule has 0 radical (unpaired) electrons. The maximum absolute atomic E-state index is 13.0. The van der Waals surface area contributed by atoms with E-state index in [1.54, 1.807) is 12.1 Å². The minimum absolute atomic E-state index is 0.0321. The van der Waals surface area contributed by atoms with Gasteiger partial charge in [-0.25, -0.2) is 8.42 Å². The number of nitrogens with one attached hydrogen (secondary N) is 1. The molecule has 0 unspecified atom stereocenters. The number of carbonyl (C=O) groups excluding carboxylic acids is 1. The largest absolute Gasteiger partial charge is 0.379 e. The van der Waals surface area contributed by atoms with Gasteiger partial charge >= 0.3 is 0 Å². The molecule has 2 saturated heterocycles. The minimum atomic E-state index is -3.74. The molecule has 0 aliphatic carbocycles. The lowest BCUT2D eigenvalue weighted by atomic mass is 10.1. The van der Waals surface area contributed by atoms with E-state index in [2.05, 4.69) is 22.3 Å². The second-order valence-electron chi connectivity index (χ2n) is 8.77. The van der Waals surface area contributed by atoms with Crippen LogP contribution in [0.5, 0.6) is 0 Å². The van der Waals surface area contributed by atoms with Gasteiger partial charge in [0.15, 0.2) is 0 Å². The molecule has 9 nitrogen and oxygen atoms in total. The van der Waals surface area contributed by atoms with Crippen molar-refractivity contribution in [1.82, 2.24) is 19.4 Å². The Bertz CT molecular complexity index is 1150. The number of ether oxygens (including phenoxy) is 1. The summed E-state index contributed by atoms with van der Waals surface area (Å²) < 4.78 is 32.7. The zero-order valence-corrected chi connectivity index (χ0v) is 20.5. The molecule has 2 aromatic carbocycles. The fourth-order valence-electron chi connectivity index (χ4n) is 4.29. The topological polar surface area (TPSA) is 106 Å². The molecule has 2 aliphatic rings. The van der Waals surface area contributed by atoms with E-state index in [9.17, 15) is 18.5 Å². The first-order valence-corrected chi connectivity index (χ1v) is 13.3. The van der Waals surface area contributed by atoms with E-state index >= 15 is 0 Å². The summed E-state index contributed by atoms with van der Waals surface area (Å²) in [6.07, 6.45) is 0. The molecule has 186 valence electrons. The normalized spacial score (nSPS) is 18.1. The van der Waals surface area contributed by atoms with Gasteiger partial charge in [0.2, 0.25) is 15.9 Å². The van der Waals surface area contributed by atoms with Gasteiger partial charge in [-0.05, 0) is 23.3 Å². The van der Waals surface area contributed by atoms with Crippen molar-refractivity contribution in [2.75, 3.05) is 59.0 Å². The summed E-state index contributed by atoms with van der Waals surface area (Å²) in [4.78, 5) is 16.8. The van der Waals surface area contributed by atoms with Crippen molar-refractivity contribution in [3.05, 3.63) is 65.2 Å². The smallest absolute Gasteiger partial charge is 0.244 e. The van der Waals surface area contributed by atoms with Crippen molar-refractivity contribution in [3.63, 3.8) is 0 Å². The molecule has 2 heterocycles. The SMILES string of the molecule is N#Cc1ccccc1S(=O)(=O)N1CCN(CC(=O)NCc2ccc(CN3CCOCC3)cc2)CC1. The Kier molecular flexibility index (Phi) is 8.49. The molecular formula is C25H31N5O4S. The number of amides is 1. The number of benzene rings is 2. The van der Waals surface area contributed by atoms with Crippen molar-refractivity contribution in [1.29, 1.82) is 5.26 Å². The summed E-state index contributed by atoms with van der Waals surface area (Å²) in [6.45, 7) is 6.51. The van der Waals surface area contributed by atoms with E-state index in [0.717, 1.165) is 38.4 Å². The number of sulfonamides is 1. The molecule has 0 aromatic heterocycles. The van der Waals surface area contributed by atoms with Gasteiger partial charge in [0.25, 0.3) is 0 Å². The quantitative estimate of drug-likeness (QED) is 0.580. The summed E-state index contributed by atoms with van der Waals surface area (Å²) in [5, 5.41) is 12.2. The highest BCUT2D eigenvalue weighted by atomic mass is 32.2. The van der Waals surface area contributed by atoms with Crippen molar-refractivity contribution in [2.24, 2.45) is 0 Å². The van der Waals surface area contributed by atoms with Crippen LogP contribution in [0.3, 0.4) is 0 Å². The molecule has 0 spiro atoms. The third kappa shape index (κ3) is 6.66. The summed E-state index contributed by atoms with van der Waals surface area (Å²) in [5.41, 5.74) is 2.42. The molecule has 2 fully saturated rings. The number of hydrogen-bond acceptors (Lipinski definition) is 7. The standard InChI is InChI=1S/C25H31N5O4S/c26-17-23-3-1-2-4-24(23)35(32,33)30-11-9-28(10-12-30)20-25(31)27-18-21-5-7-22(8-6-21)19-29-13-15-34-16-14-29/h1-8H,9-16,18-20H2,(H,27,31). The molecule has 1 amide bonds. The zero-order chi connectivity index (χ0) is 24.7. The van der Waals surface area contributed by atoms with Crippen molar-refractivity contribution < 1.29 is 17.9 Å². The van der Waals surface area contributed by atoms with Gasteiger partial charge in [-0.15, -0.1) is 0 Å². The third-order valence-electron chi connectivity index (χ3n) is 6.35. The summed E-state index contributed by atoms with van der Waals surface area (Å²) in [6, 6.07) is 16.5. The van der Waals surface area contributed by atoms with Crippen LogP contribution in [0, 0.1) is 11.3 Å². The molecule has 10 heteroatoms. The maximum atomic E-state index is 13.0. The first-order valence-electron chi connectivity index (χ1n) is 11.8. The maximum Gasteiger partial charge on any atom is 0.244 e. The Labute approximate surface area is 206 Å². The van der Waals surface area contributed by atoms with E-state index in [1.807, 2.05) is 23.1 Å². The van der Waals surface area contributed by atoms with Gasteiger partial charge in [0.05, 0.1) is 30.2 Å². The van der Waals surface area contributed by atoms with E-state index < -0.39 is 10.0 Å². The average Bonchev–Trinajstić information content (AvgIpc) is 2.89. The highest BCUT2D eigenvalue weighted by Gasteiger charge is 2.30. The van der Waals surface area contributed by atoms with Crippen LogP contribution in [0.4, 0.5) is 0 Å². The molecule has 2 aliphatic heterocycles. The lowest BCUT2D eigenvalue weighted by Crippen LogP contribution is -2.51. The van der Waals surface area contributed by atoms with E-state index in [0.29, 0.717) is 19.6 Å². The molecular weight excluding hydrogens is 466 g/mol. The number of piperazine rings is 1. The van der Waals surface area contributed by atoms with Gasteiger partial charge in [-0.2, -0.15) is 9.57 Å². The lowest BCUT2D eigenvalue weighted by Gasteiger charge is -2.33. The van der Waals surface area contributed by atoms with Crippen LogP contribution in [-0.2, 0) is 32.6 Å². The molecule has 4 rings (SSSR count). The van der Waals surface area contributed by atoms with Gasteiger partial charge < -0.3 is 10.1 Å². The number of hydrogen-bond donors (Lipinski definition) is 1. The van der Waals surface area contributed by atoms with Crippen LogP contribution in [0.2, 0.25) is 0 Å². The van der Waals surface area contributed by atoms with E-state index in [4.69, 9.17) is 4.74 Å². The van der Waals surface area contributed by atoms with Crippen LogP contribution in [0.1, 0.15) is 16.7 Å². The van der Waals surface area contributed by atoms with Crippen molar-refractivity contribution in [3.8, 4) is 6.07 Å². The molecule has 2 aromatic rings. The van der Waals surface area contributed by atoms with Crippen LogP contribution < -0.4 is 5.32 Å². The Morgan fingerprint density at radius 3 is 2.26 bits per heavy atom. The first kappa shape index (κ1) is 25.3. The second kappa shape index (κ2) is 11.7. The summed E-state index contributed by atoms with van der Waals surface area (Å²) >= 11 is 0. The Morgan fingerprint density at radius 2 is 1.57 bits per heavy atom. The second-order valence-corrected chi connectivity index (χ2v) is 10.7. The molecule has 0 saturated carbocycles. The average molecular weight is 498 g/mol. The van der Waals surface area contributed by atoms with Gasteiger partial charge in [-0.3, -0.25) is 14.6 Å².